The largest absolute Gasteiger partial charge is 0.444 e. The van der Waals surface area contributed by atoms with Crippen LogP contribution in [-0.4, -0.2) is 29.8 Å². The second-order valence-electron chi connectivity index (χ2n) is 7.94. The van der Waals surface area contributed by atoms with Gasteiger partial charge < -0.3 is 15.4 Å². The summed E-state index contributed by atoms with van der Waals surface area (Å²) in [6, 6.07) is 16.5. The fourth-order valence-electron chi connectivity index (χ4n) is 3.18. The normalized spacial score (nSPS) is 11.5. The van der Waals surface area contributed by atoms with Gasteiger partial charge in [-0.05, 0) is 52.2 Å². The van der Waals surface area contributed by atoms with Gasteiger partial charge in [0.2, 0.25) is 0 Å². The molecule has 0 saturated carbocycles. The fraction of sp³-hybridized carbons (Fsp3) is 0.391. The topological polar surface area (TPSA) is 63.2 Å². The van der Waals surface area contributed by atoms with Crippen LogP contribution in [0.2, 0.25) is 0 Å². The van der Waals surface area contributed by atoms with Gasteiger partial charge in [0.25, 0.3) is 0 Å². The molecule has 0 aliphatic heterocycles. The van der Waals surface area contributed by atoms with Crippen molar-refractivity contribution in [1.29, 1.82) is 0 Å². The number of pyridine rings is 1. The summed E-state index contributed by atoms with van der Waals surface area (Å²) >= 11 is 0. The lowest BCUT2D eigenvalue weighted by Gasteiger charge is -2.19. The molecule has 0 unspecified atom stereocenters. The number of nitrogens with zero attached hydrogens (tertiary/aromatic N) is 1. The van der Waals surface area contributed by atoms with Gasteiger partial charge in [-0.2, -0.15) is 0 Å². The van der Waals surface area contributed by atoms with E-state index in [4.69, 9.17) is 9.72 Å². The third-order valence-corrected chi connectivity index (χ3v) is 4.41. The van der Waals surface area contributed by atoms with Gasteiger partial charge in [-0.3, -0.25) is 0 Å². The zero-order chi connectivity index (χ0) is 20.0. The maximum absolute atomic E-state index is 11.6. The van der Waals surface area contributed by atoms with E-state index in [2.05, 4.69) is 34.9 Å². The van der Waals surface area contributed by atoms with Crippen LogP contribution in [0.25, 0.3) is 21.8 Å². The van der Waals surface area contributed by atoms with Crippen LogP contribution >= 0.6 is 0 Å². The van der Waals surface area contributed by atoms with Crippen molar-refractivity contribution in [3.63, 3.8) is 0 Å². The SMILES string of the molecule is CC(C)(C)OC(=O)NCCCCCNc1c2ccccc2nc2ccccc12. The van der Waals surface area contributed by atoms with Crippen molar-refractivity contribution < 1.29 is 9.53 Å². The molecule has 1 aromatic heterocycles. The Morgan fingerprint density at radius 2 is 1.46 bits per heavy atom. The quantitative estimate of drug-likeness (QED) is 0.420. The van der Waals surface area contributed by atoms with Crippen LogP contribution in [-0.2, 0) is 4.74 Å². The molecule has 0 radical (unpaired) electrons. The number of fused-ring (bicyclic) bond motifs is 2. The van der Waals surface area contributed by atoms with Gasteiger partial charge >= 0.3 is 6.09 Å². The smallest absolute Gasteiger partial charge is 0.407 e. The summed E-state index contributed by atoms with van der Waals surface area (Å²) in [5.41, 5.74) is 2.70. The molecule has 5 nitrogen and oxygen atoms in total. The molecule has 5 heteroatoms. The lowest BCUT2D eigenvalue weighted by molar-refractivity contribution is 0.0527. The highest BCUT2D eigenvalue weighted by molar-refractivity contribution is 6.07. The highest BCUT2D eigenvalue weighted by Gasteiger charge is 2.15. The molecule has 0 aliphatic rings. The molecule has 0 spiro atoms. The van der Waals surface area contributed by atoms with Crippen LogP contribution in [0.1, 0.15) is 40.0 Å². The Kier molecular flexibility index (Phi) is 6.34. The number of alkyl carbamates (subject to hydrolysis) is 1. The number of hydrogen-bond donors (Lipinski definition) is 2. The number of unbranched alkanes of at least 4 members (excludes halogenated alkanes) is 2. The van der Waals surface area contributed by atoms with Crippen molar-refractivity contribution in [2.45, 2.75) is 45.6 Å². The van der Waals surface area contributed by atoms with Crippen molar-refractivity contribution in [1.82, 2.24) is 10.3 Å². The van der Waals surface area contributed by atoms with Crippen molar-refractivity contribution >= 4 is 33.6 Å². The summed E-state index contributed by atoms with van der Waals surface area (Å²) < 4.78 is 5.24. The summed E-state index contributed by atoms with van der Waals surface area (Å²) in [7, 11) is 0. The van der Waals surface area contributed by atoms with E-state index in [-0.39, 0.29) is 6.09 Å². The number of carbonyl (C=O) groups excluding carboxylic acids is 1. The molecule has 0 fully saturated rings. The average Bonchev–Trinajstić information content (AvgIpc) is 2.65. The number of rotatable bonds is 7. The maximum atomic E-state index is 11.6. The van der Waals surface area contributed by atoms with E-state index in [1.54, 1.807) is 0 Å². The van der Waals surface area contributed by atoms with Gasteiger partial charge in [-0.15, -0.1) is 0 Å². The first-order chi connectivity index (χ1) is 13.4. The van der Waals surface area contributed by atoms with Crippen LogP contribution in [0.15, 0.2) is 48.5 Å². The molecular weight excluding hydrogens is 350 g/mol. The molecule has 1 heterocycles. The number of anilines is 1. The van der Waals surface area contributed by atoms with Gasteiger partial charge in [-0.25, -0.2) is 9.78 Å². The Labute approximate surface area is 166 Å². The fourth-order valence-corrected chi connectivity index (χ4v) is 3.18. The van der Waals surface area contributed by atoms with E-state index in [1.165, 1.54) is 0 Å². The summed E-state index contributed by atoms with van der Waals surface area (Å²) in [5.74, 6) is 0. The predicted molar refractivity (Wildman–Crippen MR) is 116 cm³/mol. The predicted octanol–water partition coefficient (Wildman–Crippen LogP) is 5.49. The molecule has 2 aromatic carbocycles. The molecule has 0 aliphatic carbocycles. The highest BCUT2D eigenvalue weighted by Crippen LogP contribution is 2.30. The lowest BCUT2D eigenvalue weighted by Crippen LogP contribution is -2.33. The molecule has 2 N–H and O–H groups in total. The first kappa shape index (κ1) is 19.9. The molecule has 1 amide bonds. The van der Waals surface area contributed by atoms with Crippen LogP contribution in [0.4, 0.5) is 10.5 Å². The molecule has 28 heavy (non-hydrogen) atoms. The molecule has 3 rings (SSSR count). The molecule has 0 atom stereocenters. The highest BCUT2D eigenvalue weighted by atomic mass is 16.6. The minimum Gasteiger partial charge on any atom is -0.444 e. The van der Waals surface area contributed by atoms with Gasteiger partial charge in [0, 0.05) is 23.9 Å². The van der Waals surface area contributed by atoms with E-state index in [1.807, 2.05) is 45.0 Å². The Bertz CT molecular complexity index is 893. The van der Waals surface area contributed by atoms with E-state index in [0.717, 1.165) is 53.3 Å². The van der Waals surface area contributed by atoms with Crippen molar-refractivity contribution in [2.24, 2.45) is 0 Å². The first-order valence-electron chi connectivity index (χ1n) is 9.92. The average molecular weight is 380 g/mol. The van der Waals surface area contributed by atoms with Crippen molar-refractivity contribution in [3.05, 3.63) is 48.5 Å². The summed E-state index contributed by atoms with van der Waals surface area (Å²) in [4.78, 5) is 16.4. The van der Waals surface area contributed by atoms with E-state index < -0.39 is 5.60 Å². The number of ether oxygens (including phenoxy) is 1. The Morgan fingerprint density at radius 3 is 2.07 bits per heavy atom. The van der Waals surface area contributed by atoms with Crippen molar-refractivity contribution in [2.75, 3.05) is 18.4 Å². The van der Waals surface area contributed by atoms with Crippen LogP contribution in [0, 0.1) is 0 Å². The minimum atomic E-state index is -0.454. The summed E-state index contributed by atoms with van der Waals surface area (Å²) in [6.45, 7) is 7.11. The number of amides is 1. The van der Waals surface area contributed by atoms with Crippen LogP contribution in [0.3, 0.4) is 0 Å². The molecule has 3 aromatic rings. The zero-order valence-electron chi connectivity index (χ0n) is 16.9. The zero-order valence-corrected chi connectivity index (χ0v) is 16.9. The van der Waals surface area contributed by atoms with Gasteiger partial charge in [0.05, 0.1) is 16.7 Å². The van der Waals surface area contributed by atoms with Gasteiger partial charge in [-0.1, -0.05) is 36.4 Å². The van der Waals surface area contributed by atoms with Crippen molar-refractivity contribution in [3.8, 4) is 0 Å². The standard InChI is InChI=1S/C23H29N3O2/c1-23(2,3)28-22(27)25-16-10-4-9-15-24-21-17-11-5-7-13-19(17)26-20-14-8-6-12-18(20)21/h5-8,11-14H,4,9-10,15-16H2,1-3H3,(H,24,26)(H,25,27). The summed E-state index contributed by atoms with van der Waals surface area (Å²) in [5, 5.41) is 8.71. The summed E-state index contributed by atoms with van der Waals surface area (Å²) in [6.07, 6.45) is 2.64. The number of carbonyl (C=O) groups is 1. The third kappa shape index (κ3) is 5.35. The Morgan fingerprint density at radius 1 is 0.893 bits per heavy atom. The number of aromatic nitrogens is 1. The number of benzene rings is 2. The molecule has 0 saturated heterocycles. The maximum Gasteiger partial charge on any atom is 0.407 e. The Balaban J connectivity index is 1.51. The number of hydrogen-bond acceptors (Lipinski definition) is 4. The van der Waals surface area contributed by atoms with E-state index in [9.17, 15) is 4.79 Å². The van der Waals surface area contributed by atoms with Crippen LogP contribution in [0.5, 0.6) is 0 Å². The van der Waals surface area contributed by atoms with Crippen LogP contribution < -0.4 is 10.6 Å². The monoisotopic (exact) mass is 379 g/mol. The molecule has 0 bridgehead atoms. The Hall–Kier alpha value is -2.82. The number of nitrogens with one attached hydrogen (secondary N) is 2. The minimum absolute atomic E-state index is 0.347. The first-order valence-corrected chi connectivity index (χ1v) is 9.92. The second-order valence-corrected chi connectivity index (χ2v) is 7.94. The van der Waals surface area contributed by atoms with E-state index in [0.29, 0.717) is 6.54 Å². The third-order valence-electron chi connectivity index (χ3n) is 4.41. The lowest BCUT2D eigenvalue weighted by atomic mass is 10.1. The van der Waals surface area contributed by atoms with E-state index >= 15 is 0 Å². The second kappa shape index (κ2) is 8.91. The molecule has 148 valence electrons. The van der Waals surface area contributed by atoms with Gasteiger partial charge in [0.1, 0.15) is 5.60 Å². The molecular formula is C23H29N3O2. The van der Waals surface area contributed by atoms with Gasteiger partial charge in [0.15, 0.2) is 0 Å². The number of para-hydroxylation sites is 2.